The topological polar surface area (TPSA) is 97.5 Å². The molecule has 0 aliphatic rings. The summed E-state index contributed by atoms with van der Waals surface area (Å²) in [6.45, 7) is 0.126. The summed E-state index contributed by atoms with van der Waals surface area (Å²) in [6.07, 6.45) is 0. The van der Waals surface area contributed by atoms with Crippen LogP contribution in [0.5, 0.6) is 0 Å². The quantitative estimate of drug-likeness (QED) is 0.188. The molecule has 0 aliphatic carbocycles. The molecule has 0 bridgehead atoms. The van der Waals surface area contributed by atoms with Gasteiger partial charge in [-0.2, -0.15) is 0 Å². The van der Waals surface area contributed by atoms with E-state index in [9.17, 15) is 0 Å². The van der Waals surface area contributed by atoms with Crippen molar-refractivity contribution in [2.75, 3.05) is 20.8 Å². The highest BCUT2D eigenvalue weighted by Gasteiger charge is 2.10. The molecule has 0 heterocycles. The Hall–Kier alpha value is -1.42. The number of hydrogen-bond acceptors (Lipinski definition) is 2. The van der Waals surface area contributed by atoms with E-state index >= 15 is 0 Å². The SMILES string of the molecule is C[N+](C)(CN=[N+]=[N-])N=[N+]=[N-]. The van der Waals surface area contributed by atoms with Crippen molar-refractivity contribution in [3.8, 4) is 0 Å². The molecule has 0 spiro atoms. The molecule has 0 aliphatic heterocycles. The third-order valence-electron chi connectivity index (χ3n) is 0.755. The van der Waals surface area contributed by atoms with E-state index in [4.69, 9.17) is 11.1 Å². The van der Waals surface area contributed by atoms with Crippen LogP contribution in [-0.4, -0.2) is 25.4 Å². The third-order valence-corrected chi connectivity index (χ3v) is 0.755. The van der Waals surface area contributed by atoms with Gasteiger partial charge >= 0.3 is 0 Å². The molecule has 0 atom stereocenters. The van der Waals surface area contributed by atoms with Gasteiger partial charge in [0.2, 0.25) is 0 Å². The van der Waals surface area contributed by atoms with Crippen LogP contribution in [0.15, 0.2) is 10.3 Å². The standard InChI is InChI=1S/C3H8N7/c1-10(2,9-8-5)3-6-7-4/h3H2,1-2H3/q+1. The average Bonchev–Trinajstić information content (AvgIpc) is 1.84. The maximum absolute atomic E-state index is 8.01. The molecule has 0 rings (SSSR count). The van der Waals surface area contributed by atoms with Gasteiger partial charge in [0.05, 0.1) is 19.0 Å². The van der Waals surface area contributed by atoms with Gasteiger partial charge in [0, 0.05) is 10.4 Å². The van der Waals surface area contributed by atoms with Crippen molar-refractivity contribution in [2.45, 2.75) is 0 Å². The molecule has 7 heteroatoms. The Balaban J connectivity index is 4.11. The zero-order chi connectivity index (χ0) is 8.04. The van der Waals surface area contributed by atoms with Crippen molar-refractivity contribution in [2.24, 2.45) is 10.3 Å². The molecular formula is C3H8N7+. The zero-order valence-electron chi connectivity index (χ0n) is 5.84. The number of hydrogen-bond donors (Lipinski definition) is 0. The zero-order valence-corrected chi connectivity index (χ0v) is 5.84. The Bertz CT molecular complexity index is 193. The van der Waals surface area contributed by atoms with Crippen molar-refractivity contribution in [3.63, 3.8) is 0 Å². The molecule has 0 aromatic rings. The van der Waals surface area contributed by atoms with Crippen molar-refractivity contribution in [1.82, 2.24) is 0 Å². The summed E-state index contributed by atoms with van der Waals surface area (Å²) < 4.78 is -0.0133. The summed E-state index contributed by atoms with van der Waals surface area (Å²) in [5, 5.41) is 6.60. The van der Waals surface area contributed by atoms with Gasteiger partial charge in [-0.3, -0.25) is 0 Å². The van der Waals surface area contributed by atoms with Crippen LogP contribution in [0.1, 0.15) is 0 Å². The van der Waals surface area contributed by atoms with Crippen LogP contribution in [0.3, 0.4) is 0 Å². The Labute approximate surface area is 57.7 Å². The Morgan fingerprint density at radius 2 is 1.90 bits per heavy atom. The van der Waals surface area contributed by atoms with Gasteiger partial charge in [0.1, 0.15) is 5.22 Å². The molecule has 0 amide bonds. The van der Waals surface area contributed by atoms with Gasteiger partial charge in [-0.15, -0.1) is 0 Å². The van der Waals surface area contributed by atoms with E-state index in [1.54, 1.807) is 14.1 Å². The molecule has 0 aromatic carbocycles. The Kier molecular flexibility index (Phi) is 3.07. The van der Waals surface area contributed by atoms with Gasteiger partial charge < -0.3 is 0 Å². The lowest BCUT2D eigenvalue weighted by Gasteiger charge is -2.16. The Morgan fingerprint density at radius 1 is 1.30 bits per heavy atom. The first-order valence-corrected chi connectivity index (χ1v) is 2.53. The maximum atomic E-state index is 8.01. The summed E-state index contributed by atoms with van der Waals surface area (Å²) in [5.41, 5.74) is 15.9. The van der Waals surface area contributed by atoms with Crippen LogP contribution >= 0.6 is 0 Å². The molecule has 0 saturated heterocycles. The van der Waals surface area contributed by atoms with Gasteiger partial charge in [0.15, 0.2) is 6.67 Å². The van der Waals surface area contributed by atoms with Crippen LogP contribution in [0.25, 0.3) is 20.9 Å². The molecule has 10 heavy (non-hydrogen) atoms. The maximum Gasteiger partial charge on any atom is 0.173 e. The predicted octanol–water partition coefficient (Wildman–Crippen LogP) is 1.56. The second-order valence-electron chi connectivity index (χ2n) is 2.17. The monoisotopic (exact) mass is 142 g/mol. The van der Waals surface area contributed by atoms with Crippen molar-refractivity contribution in [3.05, 3.63) is 20.9 Å². The molecule has 0 N–H and O–H groups in total. The summed E-state index contributed by atoms with van der Waals surface area (Å²) in [6, 6.07) is 0. The lowest BCUT2D eigenvalue weighted by atomic mass is 10.8. The summed E-state index contributed by atoms with van der Waals surface area (Å²) in [7, 11) is 3.27. The van der Waals surface area contributed by atoms with Crippen molar-refractivity contribution < 1.29 is 4.59 Å². The minimum atomic E-state index is -0.0133. The highest BCUT2D eigenvalue weighted by Crippen LogP contribution is 1.97. The second kappa shape index (κ2) is 3.58. The highest BCUT2D eigenvalue weighted by molar-refractivity contribution is 4.37. The van der Waals surface area contributed by atoms with Crippen LogP contribution in [0.4, 0.5) is 0 Å². The number of azide groups is 2. The summed E-state index contributed by atoms with van der Waals surface area (Å²) in [5.74, 6) is 0. The van der Waals surface area contributed by atoms with Crippen LogP contribution in [0.2, 0.25) is 0 Å². The van der Waals surface area contributed by atoms with Crippen LogP contribution in [-0.2, 0) is 0 Å². The first-order valence-electron chi connectivity index (χ1n) is 2.53. The van der Waals surface area contributed by atoms with Crippen LogP contribution in [0, 0.1) is 0 Å². The van der Waals surface area contributed by atoms with E-state index < -0.39 is 0 Å². The van der Waals surface area contributed by atoms with E-state index in [1.165, 1.54) is 0 Å². The lowest BCUT2D eigenvalue weighted by molar-refractivity contribution is -0.898. The van der Waals surface area contributed by atoms with Crippen molar-refractivity contribution >= 4 is 0 Å². The molecule has 7 nitrogen and oxygen atoms in total. The van der Waals surface area contributed by atoms with Gasteiger partial charge in [-0.05, 0) is 10.6 Å². The molecule has 0 saturated carbocycles. The molecule has 0 fully saturated rings. The molecule has 0 radical (unpaired) electrons. The smallest absolute Gasteiger partial charge is 0.173 e. The van der Waals surface area contributed by atoms with E-state index in [-0.39, 0.29) is 11.3 Å². The molecular weight excluding hydrogens is 134 g/mol. The van der Waals surface area contributed by atoms with Crippen LogP contribution < -0.4 is 0 Å². The second-order valence-corrected chi connectivity index (χ2v) is 2.17. The Morgan fingerprint density at radius 3 is 2.30 bits per heavy atom. The first-order chi connectivity index (χ1) is 4.62. The minimum Gasteiger partial charge on any atom is -0.214 e. The molecule has 54 valence electrons. The number of nitrogens with zero attached hydrogens (tertiary/aromatic N) is 7. The van der Waals surface area contributed by atoms with Gasteiger partial charge in [-0.25, -0.2) is 4.59 Å². The fraction of sp³-hybridized carbons (Fsp3) is 1.00. The summed E-state index contributed by atoms with van der Waals surface area (Å²) in [4.78, 5) is 5.10. The fourth-order valence-corrected chi connectivity index (χ4v) is 0.320. The van der Waals surface area contributed by atoms with Gasteiger partial charge in [0.25, 0.3) is 0 Å². The lowest BCUT2D eigenvalue weighted by Crippen LogP contribution is -2.32. The number of rotatable bonds is 3. The average molecular weight is 142 g/mol. The number of quaternary nitrogens is 1. The highest BCUT2D eigenvalue weighted by atomic mass is 15.7. The first kappa shape index (κ1) is 8.58. The largest absolute Gasteiger partial charge is 0.214 e. The fourth-order valence-electron chi connectivity index (χ4n) is 0.320. The van der Waals surface area contributed by atoms with E-state index in [2.05, 4.69) is 20.2 Å². The van der Waals surface area contributed by atoms with E-state index in [0.717, 1.165) is 0 Å². The van der Waals surface area contributed by atoms with E-state index in [0.29, 0.717) is 0 Å². The normalized spacial score (nSPS) is 9.40. The third kappa shape index (κ3) is 3.57. The van der Waals surface area contributed by atoms with Gasteiger partial charge in [-0.1, -0.05) is 0 Å². The minimum absolute atomic E-state index is 0.0133. The van der Waals surface area contributed by atoms with E-state index in [1.807, 2.05) is 0 Å². The van der Waals surface area contributed by atoms with Crippen molar-refractivity contribution in [1.29, 1.82) is 0 Å². The molecule has 0 unspecified atom stereocenters. The predicted molar refractivity (Wildman–Crippen MR) is 35.3 cm³/mol. The summed E-state index contributed by atoms with van der Waals surface area (Å²) >= 11 is 0. The molecule has 0 aromatic heterocycles.